The van der Waals surface area contributed by atoms with Gasteiger partial charge in [0.25, 0.3) is 0 Å². The van der Waals surface area contributed by atoms with E-state index in [9.17, 15) is 0 Å². The first-order valence-corrected chi connectivity index (χ1v) is 19.2. The van der Waals surface area contributed by atoms with Gasteiger partial charge < -0.3 is 0 Å². The molecule has 0 aromatic heterocycles. The predicted octanol–water partition coefficient (Wildman–Crippen LogP) is 16.2. The van der Waals surface area contributed by atoms with E-state index in [1.165, 1.54) is 108 Å². The number of hydrogen-bond acceptors (Lipinski definition) is 0. The lowest BCUT2D eigenvalue weighted by molar-refractivity contribution is 0.880. The van der Waals surface area contributed by atoms with Crippen LogP contribution in [-0.2, 0) is 0 Å². The number of unbranched alkanes of at least 4 members (excludes halogenated alkanes) is 1. The average molecular weight is 653 g/mol. The molecule has 0 aromatic rings. The summed E-state index contributed by atoms with van der Waals surface area (Å²) in [6.07, 6.45) is 47.6. The maximum Gasteiger partial charge on any atom is 0.0121 e. The fourth-order valence-corrected chi connectivity index (χ4v) is 5.63. The third-order valence-electron chi connectivity index (χ3n) is 9.09. The van der Waals surface area contributed by atoms with Gasteiger partial charge in [0.05, 0.1) is 0 Å². The molecule has 0 radical (unpaired) electrons. The van der Waals surface area contributed by atoms with Crippen LogP contribution in [0.3, 0.4) is 0 Å². The van der Waals surface area contributed by atoms with Gasteiger partial charge in [0, 0.05) is 6.42 Å². The molecule has 0 aliphatic heterocycles. The Morgan fingerprint density at radius 3 is 0.688 bits per heavy atom. The molecular weight excluding hydrogens is 577 g/mol. The first-order chi connectivity index (χ1) is 22.9. The van der Waals surface area contributed by atoms with Crippen molar-refractivity contribution >= 4 is 0 Å². The molecule has 0 aromatic carbocycles. The molecule has 0 unspecified atom stereocenters. The Kier molecular flexibility index (Phi) is 28.5. The average Bonchev–Trinajstić information content (AvgIpc) is 3.01. The Hall–Kier alpha value is -2.78. The third kappa shape index (κ3) is 30.5. The molecule has 0 aliphatic carbocycles. The van der Waals surface area contributed by atoms with Crippen LogP contribution in [0.5, 0.6) is 0 Å². The van der Waals surface area contributed by atoms with E-state index < -0.39 is 0 Å². The second kappa shape index (κ2) is 30.3. The summed E-state index contributed by atoms with van der Waals surface area (Å²) in [5.41, 5.74) is 13.6. The minimum absolute atomic E-state index is 0.846. The summed E-state index contributed by atoms with van der Waals surface area (Å²) < 4.78 is 0. The lowest BCUT2D eigenvalue weighted by Crippen LogP contribution is -1.84. The van der Waals surface area contributed by atoms with Gasteiger partial charge in [-0.1, -0.05) is 105 Å². The van der Waals surface area contributed by atoms with Crippen LogP contribution in [0.2, 0.25) is 0 Å². The summed E-state index contributed by atoms with van der Waals surface area (Å²) in [5.74, 6) is 2.71. The molecule has 0 amide bonds. The van der Waals surface area contributed by atoms with Crippen molar-refractivity contribution in [2.75, 3.05) is 0 Å². The number of hydrogen-bond donors (Lipinski definition) is 0. The SMILES string of the molecule is C#CCC/C=C(\C)CC/C=C(\C)CC/C=C(\C)CC/C=C(\C)CC/C=C(\C)CC/C=C(\C)CC/C=C(\C)CC/C=C(\C)CCC=C(C)C. The van der Waals surface area contributed by atoms with Gasteiger partial charge in [-0.15, -0.1) is 12.3 Å². The molecule has 0 saturated carbocycles. The van der Waals surface area contributed by atoms with Crippen LogP contribution in [-0.4, -0.2) is 0 Å². The Bertz CT molecular complexity index is 1200. The zero-order valence-electron chi connectivity index (χ0n) is 33.5. The van der Waals surface area contributed by atoms with Gasteiger partial charge in [0.1, 0.15) is 0 Å². The first-order valence-electron chi connectivity index (χ1n) is 19.2. The standard InChI is InChI=1S/C48H76/c1-12-13-14-24-41(4)26-16-28-43(6)30-18-32-45(8)34-20-36-47(10)38-22-39-48(11)37-21-35-46(9)33-19-31-44(7)29-17-27-42(5)25-15-23-40(2)3/h1,23-24,27-28,31-32,35-36,39H,13-22,25-26,29-30,33-34,37-38H2,2-11H3/b41-24+,42-27+,43-28+,44-31+,45-32+,46-35+,47-36+,48-39+. The van der Waals surface area contributed by atoms with Gasteiger partial charge in [-0.2, -0.15) is 0 Å². The van der Waals surface area contributed by atoms with Crippen molar-refractivity contribution in [1.29, 1.82) is 0 Å². The fourth-order valence-electron chi connectivity index (χ4n) is 5.63. The number of terminal acetylenes is 1. The van der Waals surface area contributed by atoms with E-state index in [2.05, 4.69) is 130 Å². The highest BCUT2D eigenvalue weighted by molar-refractivity contribution is 5.10. The molecule has 0 N–H and O–H groups in total. The van der Waals surface area contributed by atoms with Crippen LogP contribution in [0.1, 0.15) is 185 Å². The van der Waals surface area contributed by atoms with Gasteiger partial charge in [0.2, 0.25) is 0 Å². The molecule has 0 nitrogen and oxygen atoms in total. The minimum atomic E-state index is 0.846. The third-order valence-corrected chi connectivity index (χ3v) is 9.09. The topological polar surface area (TPSA) is 0 Å². The Labute approximate surface area is 301 Å². The van der Waals surface area contributed by atoms with Gasteiger partial charge in [-0.3, -0.25) is 0 Å². The van der Waals surface area contributed by atoms with Crippen LogP contribution in [0.25, 0.3) is 0 Å². The molecule has 0 heterocycles. The van der Waals surface area contributed by atoms with Gasteiger partial charge in [-0.05, 0) is 178 Å². The maximum atomic E-state index is 5.34. The molecular formula is C48H76. The summed E-state index contributed by atoms with van der Waals surface area (Å²) in [5, 5.41) is 0. The molecule has 0 spiro atoms. The van der Waals surface area contributed by atoms with Crippen LogP contribution in [0, 0.1) is 12.3 Å². The number of allylic oxidation sites excluding steroid dienone is 18. The van der Waals surface area contributed by atoms with E-state index >= 15 is 0 Å². The summed E-state index contributed by atoms with van der Waals surface area (Å²) in [4.78, 5) is 0. The zero-order chi connectivity index (χ0) is 36.0. The van der Waals surface area contributed by atoms with E-state index in [0.29, 0.717) is 0 Å². The molecule has 0 heteroatoms. The normalized spacial score (nSPS) is 14.4. The highest BCUT2D eigenvalue weighted by Gasteiger charge is 1.97. The van der Waals surface area contributed by atoms with E-state index in [0.717, 1.165) is 57.8 Å². The highest BCUT2D eigenvalue weighted by atomic mass is 14.0. The Balaban J connectivity index is 4.22. The zero-order valence-corrected chi connectivity index (χ0v) is 33.5. The van der Waals surface area contributed by atoms with Crippen LogP contribution in [0.15, 0.2) is 105 Å². The lowest BCUT2D eigenvalue weighted by atomic mass is 10.0. The molecule has 0 aliphatic rings. The summed E-state index contributed by atoms with van der Waals surface area (Å²) >= 11 is 0. The van der Waals surface area contributed by atoms with Crippen LogP contribution < -0.4 is 0 Å². The van der Waals surface area contributed by atoms with Crippen molar-refractivity contribution in [3.63, 3.8) is 0 Å². The summed E-state index contributed by atoms with van der Waals surface area (Å²) in [6, 6.07) is 0. The molecule has 0 saturated heterocycles. The van der Waals surface area contributed by atoms with E-state index in [4.69, 9.17) is 6.42 Å². The second-order valence-corrected chi connectivity index (χ2v) is 14.7. The van der Waals surface area contributed by atoms with Crippen molar-refractivity contribution in [3.8, 4) is 12.3 Å². The largest absolute Gasteiger partial charge is 0.120 e. The molecule has 0 rings (SSSR count). The fraction of sp³-hybridized carbons (Fsp3) is 0.583. The molecule has 0 atom stereocenters. The lowest BCUT2D eigenvalue weighted by Gasteiger charge is -2.04. The van der Waals surface area contributed by atoms with Crippen molar-refractivity contribution < 1.29 is 0 Å². The minimum Gasteiger partial charge on any atom is -0.120 e. The van der Waals surface area contributed by atoms with Gasteiger partial charge >= 0.3 is 0 Å². The smallest absolute Gasteiger partial charge is 0.0121 e. The van der Waals surface area contributed by atoms with Crippen molar-refractivity contribution in [3.05, 3.63) is 105 Å². The first kappa shape index (κ1) is 45.2. The van der Waals surface area contributed by atoms with Crippen molar-refractivity contribution in [2.45, 2.75) is 185 Å². The second-order valence-electron chi connectivity index (χ2n) is 14.7. The number of rotatable bonds is 26. The molecule has 268 valence electrons. The van der Waals surface area contributed by atoms with Crippen molar-refractivity contribution in [1.82, 2.24) is 0 Å². The monoisotopic (exact) mass is 653 g/mol. The Morgan fingerprint density at radius 2 is 0.500 bits per heavy atom. The maximum absolute atomic E-state index is 5.34. The molecule has 48 heavy (non-hydrogen) atoms. The van der Waals surface area contributed by atoms with Gasteiger partial charge in [0.15, 0.2) is 0 Å². The molecule has 0 fully saturated rings. The Morgan fingerprint density at radius 1 is 0.312 bits per heavy atom. The molecule has 0 bridgehead atoms. The highest BCUT2D eigenvalue weighted by Crippen LogP contribution is 2.17. The van der Waals surface area contributed by atoms with E-state index in [-0.39, 0.29) is 0 Å². The van der Waals surface area contributed by atoms with E-state index in [1.54, 1.807) is 0 Å². The summed E-state index contributed by atoms with van der Waals surface area (Å²) in [7, 11) is 0. The quantitative estimate of drug-likeness (QED) is 0.0495. The van der Waals surface area contributed by atoms with E-state index in [1.807, 2.05) is 0 Å². The summed E-state index contributed by atoms with van der Waals surface area (Å²) in [6.45, 7) is 22.6. The van der Waals surface area contributed by atoms with Crippen LogP contribution >= 0.6 is 0 Å². The van der Waals surface area contributed by atoms with Crippen LogP contribution in [0.4, 0.5) is 0 Å². The predicted molar refractivity (Wildman–Crippen MR) is 221 cm³/mol. The van der Waals surface area contributed by atoms with Crippen molar-refractivity contribution in [2.24, 2.45) is 0 Å². The van der Waals surface area contributed by atoms with Gasteiger partial charge in [-0.25, -0.2) is 0 Å².